The number of aromatic nitrogens is 4. The molecule has 0 bridgehead atoms. The lowest BCUT2D eigenvalue weighted by molar-refractivity contribution is -0.136. The van der Waals surface area contributed by atoms with E-state index in [-0.39, 0.29) is 5.39 Å². The largest absolute Gasteiger partial charge is 0.417 e. The highest BCUT2D eigenvalue weighted by molar-refractivity contribution is 5.95. The van der Waals surface area contributed by atoms with Gasteiger partial charge in [-0.1, -0.05) is 0 Å². The summed E-state index contributed by atoms with van der Waals surface area (Å²) in [6, 6.07) is 4.68. The first-order chi connectivity index (χ1) is 13.3. The molecule has 2 N–H and O–H groups in total. The zero-order chi connectivity index (χ0) is 19.9. The van der Waals surface area contributed by atoms with E-state index in [0.29, 0.717) is 28.6 Å². The molecule has 1 fully saturated rings. The van der Waals surface area contributed by atoms with Gasteiger partial charge in [0.05, 0.1) is 23.0 Å². The van der Waals surface area contributed by atoms with Gasteiger partial charge in [-0.2, -0.15) is 18.3 Å². The van der Waals surface area contributed by atoms with E-state index >= 15 is 0 Å². The summed E-state index contributed by atoms with van der Waals surface area (Å²) in [6.07, 6.45) is -1.05. The molecule has 1 aromatic carbocycles. The minimum absolute atomic E-state index is 0.0265. The van der Waals surface area contributed by atoms with Crippen LogP contribution in [0.4, 0.5) is 19.0 Å². The van der Waals surface area contributed by atoms with Crippen LogP contribution in [0.2, 0.25) is 0 Å². The van der Waals surface area contributed by atoms with E-state index in [2.05, 4.69) is 37.7 Å². The Kier molecular flexibility index (Phi) is 4.70. The normalized spacial score (nSPS) is 18.5. The number of likely N-dealkylation sites (tertiary alicyclic amines) is 1. The van der Waals surface area contributed by atoms with Crippen LogP contribution in [-0.4, -0.2) is 51.5 Å². The van der Waals surface area contributed by atoms with Gasteiger partial charge in [0.15, 0.2) is 0 Å². The number of nitrogens with one attached hydrogen (secondary N) is 2. The van der Waals surface area contributed by atoms with Crippen LogP contribution in [0.1, 0.15) is 24.0 Å². The highest BCUT2D eigenvalue weighted by atomic mass is 19.4. The zero-order valence-electron chi connectivity index (χ0n) is 15.6. The molecule has 3 heterocycles. The summed E-state index contributed by atoms with van der Waals surface area (Å²) in [5.74, 6) is 0.675. The molecule has 6 nitrogen and oxygen atoms in total. The van der Waals surface area contributed by atoms with Crippen molar-refractivity contribution in [3.05, 3.63) is 35.5 Å². The van der Waals surface area contributed by atoms with Crippen LogP contribution in [0.3, 0.4) is 0 Å². The van der Waals surface area contributed by atoms with E-state index in [9.17, 15) is 13.2 Å². The van der Waals surface area contributed by atoms with Crippen molar-refractivity contribution in [2.75, 3.05) is 25.5 Å². The summed E-state index contributed by atoms with van der Waals surface area (Å²) in [6.45, 7) is 3.91. The maximum atomic E-state index is 13.2. The summed E-state index contributed by atoms with van der Waals surface area (Å²) >= 11 is 0. The lowest BCUT2D eigenvalue weighted by atomic mass is 10.0. The molecule has 3 aromatic rings. The number of alkyl halides is 3. The van der Waals surface area contributed by atoms with E-state index in [1.807, 2.05) is 13.0 Å². The van der Waals surface area contributed by atoms with E-state index in [1.54, 1.807) is 0 Å². The number of fused-ring (bicyclic) bond motifs is 1. The van der Waals surface area contributed by atoms with Gasteiger partial charge in [-0.25, -0.2) is 0 Å². The molecule has 0 unspecified atom stereocenters. The third-order valence-corrected chi connectivity index (χ3v) is 5.14. The van der Waals surface area contributed by atoms with Crippen LogP contribution < -0.4 is 5.32 Å². The van der Waals surface area contributed by atoms with Gasteiger partial charge in [0, 0.05) is 23.5 Å². The molecule has 2 aromatic heterocycles. The molecular weight excluding hydrogens is 369 g/mol. The smallest absolute Gasteiger partial charge is 0.365 e. The number of H-pyrrole nitrogens is 1. The highest BCUT2D eigenvalue weighted by Gasteiger charge is 2.33. The SMILES string of the molecule is Cc1cc(N[C@@H]2CCCN(C)C2)nnc1-c1ccc(C(F)(F)F)c2cn[nH]c12. The lowest BCUT2D eigenvalue weighted by Crippen LogP contribution is -2.39. The van der Waals surface area contributed by atoms with Crippen molar-refractivity contribution in [1.29, 1.82) is 0 Å². The van der Waals surface area contributed by atoms with Crippen LogP contribution in [0.15, 0.2) is 24.4 Å². The van der Waals surface area contributed by atoms with Crippen molar-refractivity contribution in [3.63, 3.8) is 0 Å². The van der Waals surface area contributed by atoms with Gasteiger partial charge >= 0.3 is 6.18 Å². The molecule has 0 amide bonds. The predicted molar refractivity (Wildman–Crippen MR) is 101 cm³/mol. The fraction of sp³-hybridized carbons (Fsp3) is 0.421. The number of anilines is 1. The maximum Gasteiger partial charge on any atom is 0.417 e. The first kappa shape index (κ1) is 18.7. The van der Waals surface area contributed by atoms with Gasteiger partial charge in [0.2, 0.25) is 0 Å². The quantitative estimate of drug-likeness (QED) is 0.711. The van der Waals surface area contributed by atoms with Crippen LogP contribution in [-0.2, 0) is 6.18 Å². The molecule has 0 radical (unpaired) electrons. The average molecular weight is 390 g/mol. The third-order valence-electron chi connectivity index (χ3n) is 5.14. The minimum atomic E-state index is -4.44. The number of hydrogen-bond donors (Lipinski definition) is 2. The first-order valence-electron chi connectivity index (χ1n) is 9.16. The number of rotatable bonds is 3. The molecule has 1 atom stereocenters. The molecule has 0 saturated carbocycles. The Balaban J connectivity index is 1.66. The molecule has 148 valence electrons. The van der Waals surface area contributed by atoms with E-state index in [0.717, 1.165) is 37.6 Å². The second-order valence-corrected chi connectivity index (χ2v) is 7.32. The van der Waals surface area contributed by atoms with Crippen molar-refractivity contribution < 1.29 is 13.2 Å². The van der Waals surface area contributed by atoms with Crippen LogP contribution in [0.5, 0.6) is 0 Å². The fourth-order valence-corrected chi connectivity index (χ4v) is 3.80. The van der Waals surface area contributed by atoms with Crippen molar-refractivity contribution in [3.8, 4) is 11.3 Å². The summed E-state index contributed by atoms with van der Waals surface area (Å²) in [5.41, 5.74) is 1.51. The monoisotopic (exact) mass is 390 g/mol. The Bertz CT molecular complexity index is 997. The number of aryl methyl sites for hydroxylation is 1. The summed E-state index contributed by atoms with van der Waals surface area (Å²) in [5, 5.41) is 18.5. The predicted octanol–water partition coefficient (Wildman–Crippen LogP) is 3.85. The summed E-state index contributed by atoms with van der Waals surface area (Å²) in [7, 11) is 2.09. The number of piperidine rings is 1. The summed E-state index contributed by atoms with van der Waals surface area (Å²) in [4.78, 5) is 2.27. The topological polar surface area (TPSA) is 69.7 Å². The van der Waals surface area contributed by atoms with Crippen LogP contribution in [0, 0.1) is 6.92 Å². The molecule has 4 rings (SSSR count). The van der Waals surface area contributed by atoms with Crippen molar-refractivity contribution in [1.82, 2.24) is 25.3 Å². The Labute approximate surface area is 160 Å². The number of hydrogen-bond acceptors (Lipinski definition) is 5. The number of likely N-dealkylation sites (N-methyl/N-ethyl adjacent to an activating group) is 1. The second kappa shape index (κ2) is 7.05. The van der Waals surface area contributed by atoms with Crippen molar-refractivity contribution in [2.24, 2.45) is 0 Å². The standard InChI is InChI=1S/C19H21F3N6/c1-11-8-16(24-12-4-3-7-28(2)10-12)25-27-17(11)13-5-6-15(19(20,21)22)14-9-23-26-18(13)14/h5-6,8-9,12H,3-4,7,10H2,1-2H3,(H,23,26)(H,24,25)/t12-/m1/s1. The van der Waals surface area contributed by atoms with E-state index in [1.165, 1.54) is 12.3 Å². The average Bonchev–Trinajstić information content (AvgIpc) is 3.10. The number of nitrogens with zero attached hydrogens (tertiary/aromatic N) is 4. The van der Waals surface area contributed by atoms with Gasteiger partial charge in [-0.05, 0) is 57.1 Å². The molecule has 1 saturated heterocycles. The number of aromatic amines is 1. The third kappa shape index (κ3) is 3.54. The Morgan fingerprint density at radius 1 is 1.25 bits per heavy atom. The highest BCUT2D eigenvalue weighted by Crippen LogP contribution is 2.38. The number of benzene rings is 1. The summed E-state index contributed by atoms with van der Waals surface area (Å²) < 4.78 is 39.7. The molecule has 0 aliphatic carbocycles. The fourth-order valence-electron chi connectivity index (χ4n) is 3.80. The van der Waals surface area contributed by atoms with Gasteiger partial charge in [0.25, 0.3) is 0 Å². The molecule has 28 heavy (non-hydrogen) atoms. The Hall–Kier alpha value is -2.68. The lowest BCUT2D eigenvalue weighted by Gasteiger charge is -2.30. The first-order valence-corrected chi connectivity index (χ1v) is 9.16. The number of halogens is 3. The van der Waals surface area contributed by atoms with Crippen LogP contribution >= 0.6 is 0 Å². The minimum Gasteiger partial charge on any atom is -0.365 e. The van der Waals surface area contributed by atoms with Gasteiger partial charge in [-0.3, -0.25) is 5.10 Å². The van der Waals surface area contributed by atoms with Crippen molar-refractivity contribution in [2.45, 2.75) is 32.0 Å². The van der Waals surface area contributed by atoms with E-state index < -0.39 is 11.7 Å². The van der Waals surface area contributed by atoms with Crippen molar-refractivity contribution >= 4 is 16.7 Å². The molecule has 1 aliphatic rings. The molecular formula is C19H21F3N6. The van der Waals surface area contributed by atoms with E-state index in [4.69, 9.17) is 0 Å². The molecule has 9 heteroatoms. The maximum absolute atomic E-state index is 13.2. The van der Waals surface area contributed by atoms with Gasteiger partial charge in [-0.15, -0.1) is 10.2 Å². The molecule has 0 spiro atoms. The zero-order valence-corrected chi connectivity index (χ0v) is 15.6. The van der Waals surface area contributed by atoms with Gasteiger partial charge in [0.1, 0.15) is 5.82 Å². The van der Waals surface area contributed by atoms with Gasteiger partial charge < -0.3 is 10.2 Å². The molecule has 1 aliphatic heterocycles. The Morgan fingerprint density at radius 3 is 2.79 bits per heavy atom. The Morgan fingerprint density at radius 2 is 2.07 bits per heavy atom. The van der Waals surface area contributed by atoms with Crippen LogP contribution in [0.25, 0.3) is 22.2 Å². The second-order valence-electron chi connectivity index (χ2n) is 7.32.